The number of carboxylic acids is 2. The summed E-state index contributed by atoms with van der Waals surface area (Å²) in [6.45, 7) is -1.07. The topological polar surface area (TPSA) is 710 Å². The molecule has 108 heavy (non-hydrogen) atoms. The fourth-order valence-electron chi connectivity index (χ4n) is 11.2. The van der Waals surface area contributed by atoms with Crippen molar-refractivity contribution in [3.05, 3.63) is 0 Å². The molecule has 0 bridgehead atoms. The van der Waals surface area contributed by atoms with E-state index in [1.807, 2.05) is 22.4 Å². The predicted octanol–water partition coefficient (Wildman–Crippen LogP) is -22.9. The molecule has 0 saturated carbocycles. The van der Waals surface area contributed by atoms with Crippen LogP contribution in [0.1, 0.15) is 46.0 Å². The maximum atomic E-state index is 12.9. The molecule has 6 aliphatic rings. The number of unbranched alkanes of at least 4 members (excludes halogenated alkanes) is 1. The summed E-state index contributed by atoms with van der Waals surface area (Å²) in [7, 11) is -23.8. The number of urea groups is 1. The molecule has 6 rings (SSSR count). The van der Waals surface area contributed by atoms with Crippen LogP contribution in [0.5, 0.6) is 0 Å². The third-order valence-electron chi connectivity index (χ3n) is 15.7. The zero-order valence-corrected chi connectivity index (χ0v) is 70.8. The molecule has 6 fully saturated rings. The van der Waals surface area contributed by atoms with Crippen LogP contribution in [0.4, 0.5) is 4.79 Å². The van der Waals surface area contributed by atoms with Crippen molar-refractivity contribution in [3.8, 4) is 0 Å². The van der Waals surface area contributed by atoms with E-state index in [9.17, 15) is 121 Å². The third kappa shape index (κ3) is 34.4. The number of carbonyl (C=O) groups excluding carboxylic acids is 5. The van der Waals surface area contributed by atoms with E-state index in [-0.39, 0.29) is 201 Å². The smallest absolute Gasteiger partial charge is 0.726 e. The molecular formula is C51H80N6Na4O42S5. The Morgan fingerprint density at radius 1 is 0.500 bits per heavy atom. The third-order valence-corrected chi connectivity index (χ3v) is 18.9. The van der Waals surface area contributed by atoms with Crippen molar-refractivity contribution in [2.75, 3.05) is 91.5 Å². The Balaban J connectivity index is 0.00000990. The van der Waals surface area contributed by atoms with Crippen LogP contribution in [0.15, 0.2) is 0 Å². The molecule has 0 aliphatic carbocycles. The van der Waals surface area contributed by atoms with Crippen molar-refractivity contribution in [1.29, 1.82) is 0 Å². The van der Waals surface area contributed by atoms with Gasteiger partial charge < -0.3 is 143 Å². The molecule has 0 spiro atoms. The summed E-state index contributed by atoms with van der Waals surface area (Å²) in [5, 5.41) is 93.1. The van der Waals surface area contributed by atoms with Crippen LogP contribution in [0.25, 0.3) is 0 Å². The number of ether oxygens (including phenoxy) is 12. The van der Waals surface area contributed by atoms with Crippen molar-refractivity contribution < 1.29 is 313 Å². The number of nitrogens with one attached hydrogen (secondary N) is 6. The molecule has 6 aliphatic heterocycles. The maximum Gasteiger partial charge on any atom is 1.00 e. The Morgan fingerprint density at radius 2 is 0.935 bits per heavy atom. The number of aliphatic hydroxyl groups excluding tert-OH is 5. The van der Waals surface area contributed by atoms with Crippen LogP contribution in [0.3, 0.4) is 0 Å². The first kappa shape index (κ1) is 103. The van der Waals surface area contributed by atoms with E-state index in [1.165, 1.54) is 0 Å². The number of hydrogen-bond donors (Lipinski definition) is 13. The fraction of sp³-hybridized carbons (Fsp3) is 0.863. The predicted molar refractivity (Wildman–Crippen MR) is 324 cm³/mol. The van der Waals surface area contributed by atoms with Gasteiger partial charge in [0.25, 0.3) is 0 Å². The molecule has 6 saturated heterocycles. The van der Waals surface area contributed by atoms with Gasteiger partial charge in [0.05, 0.1) is 84.8 Å². The minimum atomic E-state index is -6.21. The van der Waals surface area contributed by atoms with Crippen LogP contribution in [-0.2, 0) is 144 Å². The maximum absolute atomic E-state index is 12.9. The van der Waals surface area contributed by atoms with Gasteiger partial charge in [-0.2, -0.15) is 11.8 Å². The van der Waals surface area contributed by atoms with E-state index in [0.717, 1.165) is 31.9 Å². The molecule has 13 N–H and O–H groups in total. The van der Waals surface area contributed by atoms with Crippen molar-refractivity contribution in [1.82, 2.24) is 31.9 Å². The van der Waals surface area contributed by atoms with Crippen LogP contribution < -0.4 is 150 Å². The first-order valence-electron chi connectivity index (χ1n) is 31.3. The second-order valence-electron chi connectivity index (χ2n) is 23.3. The van der Waals surface area contributed by atoms with Crippen LogP contribution in [0.2, 0.25) is 0 Å². The average Bonchev–Trinajstić information content (AvgIpc) is 0.853. The van der Waals surface area contributed by atoms with Gasteiger partial charge in [-0.25, -0.2) is 48.1 Å². The molecule has 23 atom stereocenters. The molecule has 6 amide bonds. The summed E-state index contributed by atoms with van der Waals surface area (Å²) in [6.07, 6.45) is -44.3. The summed E-state index contributed by atoms with van der Waals surface area (Å²) in [5.41, 5.74) is 0. The van der Waals surface area contributed by atoms with Crippen LogP contribution in [-0.4, -0.2) is 361 Å². The zero-order valence-electron chi connectivity index (χ0n) is 58.7. The number of aliphatic hydroxyl groups is 5. The monoisotopic (exact) mass is 1700 g/mol. The SMILES string of the molecule is CC(=O)N[C@H]1[C@H](O[C@H]2[C@H](O)[C@@H](O)[C@H](O[C@@H]3[C@@H](NC(C)=O)[C@H](O[C@H]4[C@H](O)[C@@H](O)[C@H](OCCNC(=O)CCOCCOCCOCCOCCNC(=O)CCCC[C@@H]5SC[C@@H]6NC(=O)N[C@@H]65)O[C@@H]4C(=O)O)O[C@H](COS(=O)(=O)[O-])[C@@H]3OS(=O)(=O)[O-])O[C@@H]2C(=O)O)O[C@H](COS(=O)(=O)[O-])[C@H](OS(=O)(=O)[O-])[C@@H]1O.[Na+].[Na+].[Na+].[Na+]. The molecule has 57 heteroatoms. The molecule has 0 unspecified atom stereocenters. The van der Waals surface area contributed by atoms with Gasteiger partial charge >= 0.3 is 136 Å². The number of thioether (sulfide) groups is 1. The molecule has 0 aromatic carbocycles. The number of fused-ring (bicyclic) bond motifs is 1. The number of rotatable bonds is 44. The number of carboxylic acid groups (broad SMARTS) is 2. The van der Waals surface area contributed by atoms with Crippen molar-refractivity contribution >= 4 is 95.0 Å². The Hall–Kier alpha value is -0.760. The molecule has 600 valence electrons. The second-order valence-corrected chi connectivity index (χ2v) is 28.7. The molecular weight excluding hydrogens is 1620 g/mol. The average molecular weight is 1700 g/mol. The number of amides is 6. The summed E-state index contributed by atoms with van der Waals surface area (Å²) in [4.78, 5) is 87.3. The Labute approximate surface area is 710 Å². The fourth-order valence-corrected chi connectivity index (χ4v) is 14.3. The standard InChI is InChI=1S/C51H84N6O42S5.4Na/c1-22(58)54-31-33(62)38(98-103(78,79)80)25(19-89-101(72,73)74)91-47(31)94-42-35(64)37(66)50(97-44(42)46(69)70)93-40-32(55-23(2)59)48(92-26(20-90-102(75,76)77)39(40)99-104(81,82)83)95-41-34(63)36(65)49(96-43(41)45(67)68)88-12-9-53-29(61)7-10-84-13-15-86-17-18-87-16-14-85-11-8-52-28(60)6-4-3-5-27-30-24(21-100-27)56-51(71)57-30;;;;/h24-27,30-44,47-50,62-66H,3-21H2,1-2H3,(H,52,60)(H,53,61)(H,54,58)(H,55,59)(H,67,68)(H,69,70)(H2,56,57,71)(H,72,73,74)(H,75,76,77)(H,78,79,80)(H,81,82,83);;;;/q;4*+1/p-4/t24-,25+,26+,27-,30-,31+,32+,33+,34+,35+,36+,37+,38-,39-,40+,41-,42-,43-,44-,47-,48-,49+,50+;;;;/m0..../s1. The van der Waals surface area contributed by atoms with E-state index in [0.29, 0.717) is 31.7 Å². The number of hydrogen-bond acceptors (Lipinski definition) is 41. The summed E-state index contributed by atoms with van der Waals surface area (Å²) < 4.78 is 224. The van der Waals surface area contributed by atoms with Gasteiger partial charge in [0.1, 0.15) is 85.3 Å². The van der Waals surface area contributed by atoms with Gasteiger partial charge in [0, 0.05) is 50.8 Å². The van der Waals surface area contributed by atoms with Crippen molar-refractivity contribution in [2.24, 2.45) is 0 Å². The van der Waals surface area contributed by atoms with Gasteiger partial charge in [0.15, 0.2) is 37.4 Å². The van der Waals surface area contributed by atoms with Crippen molar-refractivity contribution in [3.63, 3.8) is 0 Å². The van der Waals surface area contributed by atoms with Crippen LogP contribution in [0, 0.1) is 0 Å². The molecule has 6 heterocycles. The number of aliphatic carboxylic acids is 2. The number of carbonyl (C=O) groups is 7. The Bertz CT molecular complexity index is 3340. The first-order valence-corrected chi connectivity index (χ1v) is 37.7. The first-order chi connectivity index (χ1) is 48.7. The molecule has 0 aromatic heterocycles. The van der Waals surface area contributed by atoms with E-state index in [4.69, 9.17) is 56.8 Å². The van der Waals surface area contributed by atoms with E-state index in [2.05, 4.69) is 38.0 Å². The van der Waals surface area contributed by atoms with Gasteiger partial charge in [-0.15, -0.1) is 0 Å². The van der Waals surface area contributed by atoms with Gasteiger partial charge in [-0.1, -0.05) is 6.42 Å². The summed E-state index contributed by atoms with van der Waals surface area (Å²) >= 11 is 1.83. The Morgan fingerprint density at radius 3 is 1.44 bits per heavy atom. The second kappa shape index (κ2) is 48.8. The van der Waals surface area contributed by atoms with E-state index < -0.39 is 214 Å². The largest absolute Gasteiger partial charge is 1.00 e. The minimum Gasteiger partial charge on any atom is -0.726 e. The molecule has 48 nitrogen and oxygen atoms in total. The molecule has 0 aromatic rings. The Kier molecular flexibility index (Phi) is 46.7. The normalized spacial score (nSPS) is 32.0. The van der Waals surface area contributed by atoms with Gasteiger partial charge in [0.2, 0.25) is 65.2 Å². The summed E-state index contributed by atoms with van der Waals surface area (Å²) in [6, 6.07) is -4.57. The zero-order chi connectivity index (χ0) is 77.0. The quantitative estimate of drug-likeness (QED) is 0.00886. The minimum absolute atomic E-state index is 0. The molecule has 0 radical (unpaired) electrons. The summed E-state index contributed by atoms with van der Waals surface area (Å²) in [5.74, 6) is -6.49. The van der Waals surface area contributed by atoms with E-state index in [1.54, 1.807) is 0 Å². The van der Waals surface area contributed by atoms with Gasteiger partial charge in [-0.3, -0.25) is 35.9 Å². The van der Waals surface area contributed by atoms with Crippen molar-refractivity contribution in [2.45, 2.75) is 186 Å². The van der Waals surface area contributed by atoms with Crippen LogP contribution >= 0.6 is 11.8 Å². The van der Waals surface area contributed by atoms with Gasteiger partial charge in [-0.05, 0) is 12.8 Å². The van der Waals surface area contributed by atoms with E-state index >= 15 is 0 Å².